The molecule has 0 unspecified atom stereocenters. The summed E-state index contributed by atoms with van der Waals surface area (Å²) in [6.45, 7) is 0.296. The van der Waals surface area contributed by atoms with Gasteiger partial charge in [-0.25, -0.2) is 9.78 Å². The predicted molar refractivity (Wildman–Crippen MR) is 120 cm³/mol. The van der Waals surface area contributed by atoms with E-state index in [9.17, 15) is 9.59 Å². The van der Waals surface area contributed by atoms with E-state index < -0.39 is 0 Å². The van der Waals surface area contributed by atoms with Crippen molar-refractivity contribution in [2.45, 2.75) is 19.4 Å². The van der Waals surface area contributed by atoms with Crippen molar-refractivity contribution in [2.75, 3.05) is 10.6 Å². The fraction of sp³-hybridized carbons (Fsp3) is 0.125. The molecule has 0 aliphatic rings. The van der Waals surface area contributed by atoms with E-state index >= 15 is 0 Å². The molecule has 0 aliphatic heterocycles. The van der Waals surface area contributed by atoms with Crippen molar-refractivity contribution in [1.82, 2.24) is 10.3 Å². The maximum atomic E-state index is 12.3. The molecule has 0 aliphatic carbocycles. The number of rotatable bonds is 8. The number of benzene rings is 2. The molecule has 0 spiro atoms. The van der Waals surface area contributed by atoms with Crippen LogP contribution in [-0.4, -0.2) is 16.9 Å². The number of hydrogen-bond donors (Lipinski definition) is 3. The minimum absolute atomic E-state index is 0.152. The van der Waals surface area contributed by atoms with Gasteiger partial charge in [0.1, 0.15) is 5.76 Å². The van der Waals surface area contributed by atoms with Crippen LogP contribution in [0, 0.1) is 0 Å². The summed E-state index contributed by atoms with van der Waals surface area (Å²) in [4.78, 5) is 28.4. The molecule has 4 rings (SSSR count). The molecule has 0 fully saturated rings. The lowest BCUT2D eigenvalue weighted by Gasteiger charge is -2.08. The third kappa shape index (κ3) is 5.85. The van der Waals surface area contributed by atoms with Gasteiger partial charge in [-0.15, -0.1) is 0 Å². The first-order chi connectivity index (χ1) is 15.7. The lowest BCUT2D eigenvalue weighted by atomic mass is 10.2. The van der Waals surface area contributed by atoms with Crippen molar-refractivity contribution in [1.29, 1.82) is 0 Å². The molecule has 0 saturated carbocycles. The van der Waals surface area contributed by atoms with E-state index in [4.69, 9.17) is 8.83 Å². The van der Waals surface area contributed by atoms with Crippen molar-refractivity contribution in [3.8, 4) is 11.3 Å². The molecular weight excluding hydrogens is 408 g/mol. The molecule has 0 saturated heterocycles. The SMILES string of the molecule is O=C(CCc1ncc(-c2ccccc2)o1)Nc1ccc(NC(=O)NCc2ccco2)cc1. The van der Waals surface area contributed by atoms with Gasteiger partial charge in [-0.1, -0.05) is 30.3 Å². The Morgan fingerprint density at radius 2 is 1.62 bits per heavy atom. The van der Waals surface area contributed by atoms with Crippen molar-refractivity contribution in [2.24, 2.45) is 0 Å². The van der Waals surface area contributed by atoms with Gasteiger partial charge in [0.25, 0.3) is 0 Å². The van der Waals surface area contributed by atoms with E-state index in [0.29, 0.717) is 41.8 Å². The number of nitrogens with one attached hydrogen (secondary N) is 3. The van der Waals surface area contributed by atoms with Gasteiger partial charge in [-0.05, 0) is 36.4 Å². The van der Waals surface area contributed by atoms with Crippen LogP contribution in [0.4, 0.5) is 16.2 Å². The van der Waals surface area contributed by atoms with Crippen LogP contribution in [0.1, 0.15) is 18.1 Å². The molecule has 4 aromatic rings. The molecule has 0 atom stereocenters. The lowest BCUT2D eigenvalue weighted by Crippen LogP contribution is -2.27. The first-order valence-electron chi connectivity index (χ1n) is 10.1. The highest BCUT2D eigenvalue weighted by atomic mass is 16.4. The fourth-order valence-corrected chi connectivity index (χ4v) is 3.00. The Morgan fingerprint density at radius 1 is 0.875 bits per heavy atom. The second-order valence-corrected chi connectivity index (χ2v) is 7.00. The number of anilines is 2. The summed E-state index contributed by atoms with van der Waals surface area (Å²) >= 11 is 0. The predicted octanol–water partition coefficient (Wildman–Crippen LogP) is 4.83. The van der Waals surface area contributed by atoms with Crippen LogP contribution in [-0.2, 0) is 17.8 Å². The molecule has 3 amide bonds. The Balaban J connectivity index is 1.21. The first kappa shape index (κ1) is 20.9. The van der Waals surface area contributed by atoms with E-state index in [1.165, 1.54) is 0 Å². The van der Waals surface area contributed by atoms with E-state index in [0.717, 1.165) is 5.56 Å². The van der Waals surface area contributed by atoms with Gasteiger partial charge < -0.3 is 24.8 Å². The van der Waals surface area contributed by atoms with Crippen molar-refractivity contribution in [3.63, 3.8) is 0 Å². The number of oxazole rings is 1. The smallest absolute Gasteiger partial charge is 0.319 e. The average molecular weight is 430 g/mol. The van der Waals surface area contributed by atoms with Crippen molar-refractivity contribution in [3.05, 3.63) is 90.8 Å². The van der Waals surface area contributed by atoms with Crippen LogP contribution in [0.3, 0.4) is 0 Å². The van der Waals surface area contributed by atoms with E-state index in [1.807, 2.05) is 30.3 Å². The van der Waals surface area contributed by atoms with Gasteiger partial charge in [-0.2, -0.15) is 0 Å². The fourth-order valence-electron chi connectivity index (χ4n) is 3.00. The Kier molecular flexibility index (Phi) is 6.62. The summed E-state index contributed by atoms with van der Waals surface area (Å²) in [5.74, 6) is 1.71. The van der Waals surface area contributed by atoms with Crippen molar-refractivity contribution < 1.29 is 18.4 Å². The Bertz CT molecular complexity index is 1150. The number of carbonyl (C=O) groups is 2. The standard InChI is InChI=1S/C24H22N4O4/c29-22(12-13-23-25-16-21(32-23)17-5-2-1-3-6-17)27-18-8-10-19(11-9-18)28-24(30)26-15-20-7-4-14-31-20/h1-11,14,16H,12-13,15H2,(H,27,29)(H2,26,28,30). The molecule has 2 aromatic carbocycles. The van der Waals surface area contributed by atoms with Gasteiger partial charge in [-0.3, -0.25) is 4.79 Å². The molecule has 2 heterocycles. The summed E-state index contributed by atoms with van der Waals surface area (Å²) < 4.78 is 10.9. The van der Waals surface area contributed by atoms with Crippen LogP contribution in [0.2, 0.25) is 0 Å². The van der Waals surface area contributed by atoms with Crippen LogP contribution in [0.25, 0.3) is 11.3 Å². The molecule has 8 heteroatoms. The summed E-state index contributed by atoms with van der Waals surface area (Å²) in [5.41, 5.74) is 2.18. The number of hydrogen-bond acceptors (Lipinski definition) is 5. The Morgan fingerprint density at radius 3 is 2.34 bits per heavy atom. The highest BCUT2D eigenvalue weighted by molar-refractivity contribution is 5.92. The largest absolute Gasteiger partial charge is 0.467 e. The summed E-state index contributed by atoms with van der Waals surface area (Å²) in [6, 6.07) is 19.7. The molecule has 0 bridgehead atoms. The minimum atomic E-state index is -0.348. The zero-order chi connectivity index (χ0) is 22.2. The number of furan rings is 1. The normalized spacial score (nSPS) is 10.5. The van der Waals surface area contributed by atoms with E-state index in [-0.39, 0.29) is 18.4 Å². The zero-order valence-electron chi connectivity index (χ0n) is 17.2. The monoisotopic (exact) mass is 430 g/mol. The minimum Gasteiger partial charge on any atom is -0.467 e. The number of aromatic nitrogens is 1. The number of nitrogens with zero attached hydrogens (tertiary/aromatic N) is 1. The molecule has 162 valence electrons. The molecule has 8 nitrogen and oxygen atoms in total. The first-order valence-corrected chi connectivity index (χ1v) is 10.1. The second-order valence-electron chi connectivity index (χ2n) is 7.00. The van der Waals surface area contributed by atoms with Gasteiger partial charge >= 0.3 is 6.03 Å². The maximum absolute atomic E-state index is 12.3. The summed E-state index contributed by atoms with van der Waals surface area (Å²) in [5, 5.41) is 8.24. The molecule has 2 aromatic heterocycles. The zero-order valence-corrected chi connectivity index (χ0v) is 17.2. The number of amides is 3. The Hall–Kier alpha value is -4.33. The topological polar surface area (TPSA) is 109 Å². The summed E-state index contributed by atoms with van der Waals surface area (Å²) in [6.07, 6.45) is 3.85. The van der Waals surface area contributed by atoms with Gasteiger partial charge in [0.2, 0.25) is 5.91 Å². The van der Waals surface area contributed by atoms with Gasteiger partial charge in [0.15, 0.2) is 11.7 Å². The quantitative estimate of drug-likeness (QED) is 0.371. The highest BCUT2D eigenvalue weighted by Crippen LogP contribution is 2.20. The van der Waals surface area contributed by atoms with Gasteiger partial charge in [0, 0.05) is 29.8 Å². The molecule has 3 N–H and O–H groups in total. The third-order valence-electron chi connectivity index (χ3n) is 4.61. The molecule has 32 heavy (non-hydrogen) atoms. The van der Waals surface area contributed by atoms with Crippen LogP contribution in [0.15, 0.2) is 88.0 Å². The van der Waals surface area contributed by atoms with Crippen LogP contribution >= 0.6 is 0 Å². The van der Waals surface area contributed by atoms with E-state index in [1.54, 1.807) is 48.9 Å². The molecule has 0 radical (unpaired) electrons. The van der Waals surface area contributed by atoms with Gasteiger partial charge in [0.05, 0.1) is 19.0 Å². The number of aryl methyl sites for hydroxylation is 1. The summed E-state index contributed by atoms with van der Waals surface area (Å²) in [7, 11) is 0. The van der Waals surface area contributed by atoms with E-state index in [2.05, 4.69) is 20.9 Å². The van der Waals surface area contributed by atoms with Crippen LogP contribution < -0.4 is 16.0 Å². The maximum Gasteiger partial charge on any atom is 0.319 e. The van der Waals surface area contributed by atoms with Crippen molar-refractivity contribution >= 4 is 23.3 Å². The molecular formula is C24H22N4O4. The number of urea groups is 1. The van der Waals surface area contributed by atoms with Crippen LogP contribution in [0.5, 0.6) is 0 Å². The Labute approximate surface area is 184 Å². The average Bonchev–Trinajstić information content (AvgIpc) is 3.51. The third-order valence-corrected chi connectivity index (χ3v) is 4.61. The highest BCUT2D eigenvalue weighted by Gasteiger charge is 2.10. The number of carbonyl (C=O) groups excluding carboxylic acids is 2. The second kappa shape index (κ2) is 10.1. The lowest BCUT2D eigenvalue weighted by molar-refractivity contribution is -0.116.